The highest BCUT2D eigenvalue weighted by molar-refractivity contribution is 6.06. The minimum atomic E-state index is -0.161. The van der Waals surface area contributed by atoms with Crippen molar-refractivity contribution in [3.8, 4) is 11.5 Å². The van der Waals surface area contributed by atoms with Crippen molar-refractivity contribution in [1.29, 1.82) is 0 Å². The van der Waals surface area contributed by atoms with E-state index < -0.39 is 0 Å². The maximum Gasteiger partial charge on any atom is 0.294 e. The summed E-state index contributed by atoms with van der Waals surface area (Å²) in [6.07, 6.45) is 1.85. The lowest BCUT2D eigenvalue weighted by Gasteiger charge is -2.30. The summed E-state index contributed by atoms with van der Waals surface area (Å²) in [5.74, 6) is 2.22. The van der Waals surface area contributed by atoms with Crippen LogP contribution in [-0.4, -0.2) is 19.6 Å². The first-order chi connectivity index (χ1) is 13.3. The fourth-order valence-electron chi connectivity index (χ4n) is 3.36. The van der Waals surface area contributed by atoms with E-state index in [9.17, 15) is 4.79 Å². The Kier molecular flexibility index (Phi) is 4.83. The Balaban J connectivity index is 1.52. The van der Waals surface area contributed by atoms with E-state index in [1.807, 2.05) is 48.5 Å². The maximum absolute atomic E-state index is 13.1. The number of hydrogen-bond donors (Lipinski definition) is 0. The van der Waals surface area contributed by atoms with Gasteiger partial charge in [0.25, 0.3) is 5.91 Å². The van der Waals surface area contributed by atoms with Gasteiger partial charge in [-0.2, -0.15) is 0 Å². The van der Waals surface area contributed by atoms with Crippen molar-refractivity contribution in [2.45, 2.75) is 19.4 Å². The van der Waals surface area contributed by atoms with E-state index in [0.29, 0.717) is 23.8 Å². The van der Waals surface area contributed by atoms with Crippen LogP contribution in [0.3, 0.4) is 0 Å². The topological polar surface area (TPSA) is 51.9 Å². The molecular formula is C22H21NO4. The van der Waals surface area contributed by atoms with Gasteiger partial charge in [-0.15, -0.1) is 0 Å². The second-order valence-electron chi connectivity index (χ2n) is 6.40. The SMILES string of the molecule is COc1cccc2c1N(C(=O)c1ccc(COc3ccccc3)o1)CCC2. The van der Waals surface area contributed by atoms with E-state index in [4.69, 9.17) is 13.9 Å². The number of fused-ring (bicyclic) bond motifs is 1. The lowest BCUT2D eigenvalue weighted by molar-refractivity contribution is 0.0953. The van der Waals surface area contributed by atoms with Crippen LogP contribution < -0.4 is 14.4 Å². The number of benzene rings is 2. The number of ether oxygens (including phenoxy) is 2. The molecule has 5 heteroatoms. The number of carbonyl (C=O) groups is 1. The van der Waals surface area contributed by atoms with Gasteiger partial charge in [-0.3, -0.25) is 4.79 Å². The van der Waals surface area contributed by atoms with Crippen LogP contribution in [0.5, 0.6) is 11.5 Å². The van der Waals surface area contributed by atoms with Crippen LogP contribution >= 0.6 is 0 Å². The monoisotopic (exact) mass is 363 g/mol. The number of para-hydroxylation sites is 2. The number of nitrogens with zero attached hydrogens (tertiary/aromatic N) is 1. The van der Waals surface area contributed by atoms with Gasteiger partial charge in [-0.25, -0.2) is 0 Å². The summed E-state index contributed by atoms with van der Waals surface area (Å²) in [5, 5.41) is 0. The molecule has 0 atom stereocenters. The third-order valence-corrected chi connectivity index (χ3v) is 4.64. The highest BCUT2D eigenvalue weighted by Gasteiger charge is 2.28. The van der Waals surface area contributed by atoms with Gasteiger partial charge in [0, 0.05) is 6.54 Å². The molecule has 1 aliphatic heterocycles. The summed E-state index contributed by atoms with van der Waals surface area (Å²) < 4.78 is 16.9. The van der Waals surface area contributed by atoms with Crippen LogP contribution in [0.2, 0.25) is 0 Å². The predicted octanol–water partition coefficient (Wildman–Crippen LogP) is 4.46. The fourth-order valence-corrected chi connectivity index (χ4v) is 3.36. The molecule has 2 aromatic carbocycles. The normalized spacial score (nSPS) is 13.1. The van der Waals surface area contributed by atoms with Crippen molar-refractivity contribution >= 4 is 11.6 Å². The zero-order chi connectivity index (χ0) is 18.6. The van der Waals surface area contributed by atoms with Crippen LogP contribution in [0.25, 0.3) is 0 Å². The first kappa shape index (κ1) is 17.2. The van der Waals surface area contributed by atoms with Crippen LogP contribution in [-0.2, 0) is 13.0 Å². The van der Waals surface area contributed by atoms with Crippen molar-refractivity contribution in [2.75, 3.05) is 18.6 Å². The molecule has 27 heavy (non-hydrogen) atoms. The summed E-state index contributed by atoms with van der Waals surface area (Å²) in [6, 6.07) is 18.9. The predicted molar refractivity (Wildman–Crippen MR) is 102 cm³/mol. The van der Waals surface area contributed by atoms with E-state index >= 15 is 0 Å². The number of carbonyl (C=O) groups excluding carboxylic acids is 1. The molecule has 3 aromatic rings. The quantitative estimate of drug-likeness (QED) is 0.672. The van der Waals surface area contributed by atoms with E-state index in [1.165, 1.54) is 0 Å². The number of hydrogen-bond acceptors (Lipinski definition) is 4. The van der Waals surface area contributed by atoms with Crippen LogP contribution in [0, 0.1) is 0 Å². The molecule has 0 spiro atoms. The molecule has 4 rings (SSSR count). The van der Waals surface area contributed by atoms with Crippen molar-refractivity contribution in [3.63, 3.8) is 0 Å². The molecule has 0 fully saturated rings. The van der Waals surface area contributed by atoms with E-state index in [1.54, 1.807) is 24.1 Å². The molecule has 1 amide bonds. The Morgan fingerprint density at radius 1 is 1.07 bits per heavy atom. The number of furan rings is 1. The van der Waals surface area contributed by atoms with Gasteiger partial charge in [0.15, 0.2) is 5.76 Å². The minimum Gasteiger partial charge on any atom is -0.495 e. The van der Waals surface area contributed by atoms with Gasteiger partial charge < -0.3 is 18.8 Å². The molecule has 0 unspecified atom stereocenters. The third-order valence-electron chi connectivity index (χ3n) is 4.64. The lowest BCUT2D eigenvalue weighted by atomic mass is 10.0. The van der Waals surface area contributed by atoms with Crippen LogP contribution in [0.1, 0.15) is 28.3 Å². The lowest BCUT2D eigenvalue weighted by Crippen LogP contribution is -2.35. The molecule has 0 radical (unpaired) electrons. The standard InChI is InChI=1S/C22H21NO4/c1-25-19-11-5-7-16-8-6-14-23(21(16)19)22(24)20-13-12-18(27-20)15-26-17-9-3-2-4-10-17/h2-5,7,9-13H,6,8,14-15H2,1H3. The summed E-state index contributed by atoms with van der Waals surface area (Å²) in [7, 11) is 1.62. The van der Waals surface area contributed by atoms with E-state index in [2.05, 4.69) is 0 Å². The number of amides is 1. The molecule has 2 heterocycles. The Hall–Kier alpha value is -3.21. The summed E-state index contributed by atoms with van der Waals surface area (Å²) >= 11 is 0. The Morgan fingerprint density at radius 3 is 2.74 bits per heavy atom. The molecule has 5 nitrogen and oxygen atoms in total. The zero-order valence-electron chi connectivity index (χ0n) is 15.2. The van der Waals surface area contributed by atoms with Crippen LogP contribution in [0.4, 0.5) is 5.69 Å². The van der Waals surface area contributed by atoms with Gasteiger partial charge in [-0.1, -0.05) is 30.3 Å². The first-order valence-electron chi connectivity index (χ1n) is 9.00. The van der Waals surface area contributed by atoms with Gasteiger partial charge >= 0.3 is 0 Å². The maximum atomic E-state index is 13.1. The van der Waals surface area contributed by atoms with Gasteiger partial charge in [0.2, 0.25) is 0 Å². The fraction of sp³-hybridized carbons (Fsp3) is 0.227. The number of anilines is 1. The molecule has 0 saturated carbocycles. The summed E-state index contributed by atoms with van der Waals surface area (Å²) in [5.41, 5.74) is 1.96. The van der Waals surface area contributed by atoms with Gasteiger partial charge in [0.1, 0.15) is 23.9 Å². The summed E-state index contributed by atoms with van der Waals surface area (Å²) in [4.78, 5) is 14.8. The molecule has 0 bridgehead atoms. The number of rotatable bonds is 5. The smallest absolute Gasteiger partial charge is 0.294 e. The molecular weight excluding hydrogens is 342 g/mol. The van der Waals surface area contributed by atoms with E-state index in [-0.39, 0.29) is 12.5 Å². The average molecular weight is 363 g/mol. The Morgan fingerprint density at radius 2 is 1.93 bits per heavy atom. The van der Waals surface area contributed by atoms with E-state index in [0.717, 1.165) is 29.8 Å². The molecule has 138 valence electrons. The molecule has 0 N–H and O–H groups in total. The molecule has 0 saturated heterocycles. The second-order valence-corrected chi connectivity index (χ2v) is 6.40. The second kappa shape index (κ2) is 7.58. The molecule has 1 aromatic heterocycles. The average Bonchev–Trinajstić information content (AvgIpc) is 3.20. The van der Waals surface area contributed by atoms with Crippen molar-refractivity contribution < 1.29 is 18.7 Å². The molecule has 0 aliphatic carbocycles. The first-order valence-corrected chi connectivity index (χ1v) is 9.00. The minimum absolute atomic E-state index is 0.161. The van der Waals surface area contributed by atoms with Crippen molar-refractivity contribution in [3.05, 3.63) is 77.7 Å². The number of aryl methyl sites for hydroxylation is 1. The summed E-state index contributed by atoms with van der Waals surface area (Å²) in [6.45, 7) is 0.917. The van der Waals surface area contributed by atoms with Gasteiger partial charge in [0.05, 0.1) is 12.8 Å². The van der Waals surface area contributed by atoms with Crippen molar-refractivity contribution in [2.24, 2.45) is 0 Å². The Labute approximate surface area is 158 Å². The van der Waals surface area contributed by atoms with Crippen LogP contribution in [0.15, 0.2) is 65.1 Å². The highest BCUT2D eigenvalue weighted by Crippen LogP contribution is 2.37. The van der Waals surface area contributed by atoms with Gasteiger partial charge in [-0.05, 0) is 48.7 Å². The largest absolute Gasteiger partial charge is 0.495 e. The molecule has 1 aliphatic rings. The number of methoxy groups -OCH3 is 1. The highest BCUT2D eigenvalue weighted by atomic mass is 16.5. The third kappa shape index (κ3) is 3.53. The zero-order valence-corrected chi connectivity index (χ0v) is 15.2. The Bertz CT molecular complexity index is 918. The van der Waals surface area contributed by atoms with Crippen molar-refractivity contribution in [1.82, 2.24) is 0 Å².